The number of aryl methyl sites for hydroxylation is 2. The largest absolute Gasteiger partial charge is 0.382 e. The van der Waals surface area contributed by atoms with Gasteiger partial charge in [0.15, 0.2) is 0 Å². The molecule has 2 amide bonds. The van der Waals surface area contributed by atoms with Crippen LogP contribution < -0.4 is 5.32 Å². The molecule has 0 unspecified atom stereocenters. The topological polar surface area (TPSA) is 52.7 Å². The standard InChI is InChI=1S/C28H29N3O2/c1-19-8-11-25(20(2)16-19)29-22-12-14-30(15-13-22)27(32)18-28(33)31-23-9-10-24(26(31)17-23)21-6-4-3-5-7-21/h3-11,16-17,22,29H,12-15,18H2,1-2H3. The van der Waals surface area contributed by atoms with Crippen LogP contribution in [0.1, 0.15) is 36.0 Å². The maximum absolute atomic E-state index is 13.0. The number of hydrogen-bond donors (Lipinski definition) is 1. The summed E-state index contributed by atoms with van der Waals surface area (Å²) in [5, 5.41) is 3.63. The highest BCUT2D eigenvalue weighted by atomic mass is 16.2. The predicted molar refractivity (Wildman–Crippen MR) is 131 cm³/mol. The summed E-state index contributed by atoms with van der Waals surface area (Å²) in [5.41, 5.74) is 7.49. The number of allylic oxidation sites excluding steroid dienone is 4. The van der Waals surface area contributed by atoms with E-state index in [-0.39, 0.29) is 18.2 Å². The zero-order valence-corrected chi connectivity index (χ0v) is 19.2. The minimum Gasteiger partial charge on any atom is -0.382 e. The third-order valence-electron chi connectivity index (χ3n) is 6.71. The molecule has 3 heterocycles. The van der Waals surface area contributed by atoms with Crippen molar-refractivity contribution in [3.05, 3.63) is 94.8 Å². The molecule has 1 saturated heterocycles. The molecular weight excluding hydrogens is 410 g/mol. The number of nitrogens with zero attached hydrogens (tertiary/aromatic N) is 2. The number of benzene rings is 2. The van der Waals surface area contributed by atoms with Crippen molar-refractivity contribution in [3.63, 3.8) is 0 Å². The van der Waals surface area contributed by atoms with Crippen molar-refractivity contribution < 1.29 is 9.59 Å². The first-order valence-corrected chi connectivity index (χ1v) is 11.6. The summed E-state index contributed by atoms with van der Waals surface area (Å²) in [6.45, 7) is 5.57. The van der Waals surface area contributed by atoms with Gasteiger partial charge in [0, 0.05) is 30.4 Å². The van der Waals surface area contributed by atoms with E-state index in [0.29, 0.717) is 19.1 Å². The van der Waals surface area contributed by atoms with Crippen molar-refractivity contribution in [2.24, 2.45) is 0 Å². The minimum atomic E-state index is -0.152. The van der Waals surface area contributed by atoms with Crippen molar-refractivity contribution in [2.45, 2.75) is 39.2 Å². The molecule has 5 heteroatoms. The van der Waals surface area contributed by atoms with Gasteiger partial charge in [-0.05, 0) is 56.0 Å². The van der Waals surface area contributed by atoms with Crippen LogP contribution in [0.3, 0.4) is 0 Å². The average molecular weight is 440 g/mol. The van der Waals surface area contributed by atoms with E-state index < -0.39 is 0 Å². The maximum atomic E-state index is 13.0. The molecule has 0 atom stereocenters. The van der Waals surface area contributed by atoms with Gasteiger partial charge < -0.3 is 10.2 Å². The van der Waals surface area contributed by atoms with Crippen molar-refractivity contribution in [3.8, 4) is 0 Å². The summed E-state index contributed by atoms with van der Waals surface area (Å²) in [6, 6.07) is 16.8. The van der Waals surface area contributed by atoms with E-state index in [0.717, 1.165) is 41.1 Å². The lowest BCUT2D eigenvalue weighted by Gasteiger charge is -2.39. The van der Waals surface area contributed by atoms with Crippen LogP contribution in [0.25, 0.3) is 5.57 Å². The summed E-state index contributed by atoms with van der Waals surface area (Å²) < 4.78 is 0. The van der Waals surface area contributed by atoms with Crippen LogP contribution in [0.2, 0.25) is 0 Å². The van der Waals surface area contributed by atoms with Crippen LogP contribution in [0, 0.1) is 13.8 Å². The molecule has 5 nitrogen and oxygen atoms in total. The third kappa shape index (κ3) is 4.23. The van der Waals surface area contributed by atoms with E-state index in [1.807, 2.05) is 53.5 Å². The van der Waals surface area contributed by atoms with Gasteiger partial charge in [-0.25, -0.2) is 0 Å². The Kier molecular flexibility index (Phi) is 5.63. The Morgan fingerprint density at radius 1 is 0.970 bits per heavy atom. The van der Waals surface area contributed by atoms with E-state index in [2.05, 4.69) is 37.4 Å². The second-order valence-corrected chi connectivity index (χ2v) is 9.09. The highest BCUT2D eigenvalue weighted by Crippen LogP contribution is 2.41. The van der Waals surface area contributed by atoms with E-state index in [9.17, 15) is 9.59 Å². The molecule has 33 heavy (non-hydrogen) atoms. The number of piperidine rings is 1. The number of fused-ring (bicyclic) bond motifs is 2. The Labute approximate surface area is 195 Å². The Bertz CT molecular complexity index is 1180. The minimum absolute atomic E-state index is 0.0821. The number of anilines is 1. The quantitative estimate of drug-likeness (QED) is 0.681. The molecule has 0 aromatic heterocycles. The summed E-state index contributed by atoms with van der Waals surface area (Å²) in [5.74, 6) is -0.234. The van der Waals surface area contributed by atoms with Gasteiger partial charge in [-0.15, -0.1) is 0 Å². The van der Waals surface area contributed by atoms with Crippen LogP contribution in [0.4, 0.5) is 5.69 Å². The highest BCUT2D eigenvalue weighted by molar-refractivity contribution is 6.03. The van der Waals surface area contributed by atoms with E-state index >= 15 is 0 Å². The SMILES string of the molecule is Cc1ccc(NC2CCN(C(=O)CC(=O)N3c4ccc(-c5ccccc5)c3c4)CC2)c(C)c1. The predicted octanol–water partition coefficient (Wildman–Crippen LogP) is 4.80. The van der Waals surface area contributed by atoms with Crippen LogP contribution >= 0.6 is 0 Å². The summed E-state index contributed by atoms with van der Waals surface area (Å²) >= 11 is 0. The van der Waals surface area contributed by atoms with Crippen molar-refractivity contribution >= 4 is 23.1 Å². The first-order valence-electron chi connectivity index (χ1n) is 11.6. The van der Waals surface area contributed by atoms with Crippen molar-refractivity contribution in [1.82, 2.24) is 9.80 Å². The van der Waals surface area contributed by atoms with Crippen LogP contribution in [0.5, 0.6) is 0 Å². The number of hydrogen-bond acceptors (Lipinski definition) is 3. The Morgan fingerprint density at radius 2 is 1.73 bits per heavy atom. The second kappa shape index (κ2) is 8.74. The smallest absolute Gasteiger partial charge is 0.241 e. The zero-order valence-electron chi connectivity index (χ0n) is 19.2. The molecule has 0 spiro atoms. The Morgan fingerprint density at radius 3 is 2.42 bits per heavy atom. The van der Waals surface area contributed by atoms with Gasteiger partial charge >= 0.3 is 0 Å². The molecule has 168 valence electrons. The van der Waals surface area contributed by atoms with Crippen LogP contribution in [-0.2, 0) is 9.59 Å². The molecule has 1 N–H and O–H groups in total. The van der Waals surface area contributed by atoms with Crippen molar-refractivity contribution in [1.29, 1.82) is 0 Å². The lowest BCUT2D eigenvalue weighted by Crippen LogP contribution is -2.45. The molecular formula is C28H29N3O2. The number of amides is 2. The third-order valence-corrected chi connectivity index (χ3v) is 6.71. The molecule has 3 aliphatic heterocycles. The molecule has 2 aromatic rings. The first-order chi connectivity index (χ1) is 16.0. The van der Waals surface area contributed by atoms with E-state index in [1.54, 1.807) is 4.90 Å². The Hall–Kier alpha value is -3.60. The fraction of sp³-hybridized carbons (Fsp3) is 0.286. The van der Waals surface area contributed by atoms with Gasteiger partial charge in [-0.3, -0.25) is 14.5 Å². The molecule has 2 bridgehead atoms. The summed E-state index contributed by atoms with van der Waals surface area (Å²) in [4.78, 5) is 29.4. The molecule has 0 aliphatic carbocycles. The highest BCUT2D eigenvalue weighted by Gasteiger charge is 2.35. The summed E-state index contributed by atoms with van der Waals surface area (Å²) in [7, 11) is 0. The van der Waals surface area contributed by atoms with Gasteiger partial charge in [0.1, 0.15) is 6.42 Å². The number of rotatable bonds is 5. The van der Waals surface area contributed by atoms with Gasteiger partial charge in [0.25, 0.3) is 0 Å². The number of nitrogens with one attached hydrogen (secondary N) is 1. The number of likely N-dealkylation sites (tertiary alicyclic amines) is 1. The lowest BCUT2D eigenvalue weighted by atomic mass is 9.91. The first kappa shape index (κ1) is 21.3. The molecule has 0 radical (unpaired) electrons. The monoisotopic (exact) mass is 439 g/mol. The van der Waals surface area contributed by atoms with Crippen LogP contribution in [-0.4, -0.2) is 40.7 Å². The fourth-order valence-electron chi connectivity index (χ4n) is 4.85. The lowest BCUT2D eigenvalue weighted by molar-refractivity contribution is -0.139. The Balaban J connectivity index is 1.15. The maximum Gasteiger partial charge on any atom is 0.241 e. The van der Waals surface area contributed by atoms with Gasteiger partial charge in [-0.1, -0.05) is 54.1 Å². The number of carbonyl (C=O) groups excluding carboxylic acids is 2. The molecule has 5 rings (SSSR count). The molecule has 0 saturated carbocycles. The second-order valence-electron chi connectivity index (χ2n) is 9.09. The van der Waals surface area contributed by atoms with Gasteiger partial charge in [0.2, 0.25) is 11.8 Å². The molecule has 1 fully saturated rings. The van der Waals surface area contributed by atoms with Gasteiger partial charge in [-0.2, -0.15) is 0 Å². The normalized spacial score (nSPS) is 17.6. The van der Waals surface area contributed by atoms with Gasteiger partial charge in [0.05, 0.1) is 11.4 Å². The summed E-state index contributed by atoms with van der Waals surface area (Å²) in [6.07, 6.45) is 7.67. The van der Waals surface area contributed by atoms with Crippen LogP contribution in [0.15, 0.2) is 78.2 Å². The van der Waals surface area contributed by atoms with E-state index in [1.165, 1.54) is 11.1 Å². The average Bonchev–Trinajstić information content (AvgIpc) is 2.81. The zero-order chi connectivity index (χ0) is 22.9. The fourth-order valence-corrected chi connectivity index (χ4v) is 4.85. The van der Waals surface area contributed by atoms with E-state index in [4.69, 9.17) is 0 Å². The molecule has 2 aromatic carbocycles. The molecule has 3 aliphatic rings. The van der Waals surface area contributed by atoms with Crippen molar-refractivity contribution in [2.75, 3.05) is 18.4 Å². The number of carbonyl (C=O) groups is 2.